The molecule has 0 aliphatic carbocycles. The SMILES string of the molecule is CCC(=O)N(c1ccccc1)[C@@H](C)C1CCCN(CCc2ccccc2)C1. The lowest BCUT2D eigenvalue weighted by molar-refractivity contribution is -0.119. The summed E-state index contributed by atoms with van der Waals surface area (Å²) in [6.07, 6.45) is 4.05. The maximum Gasteiger partial charge on any atom is 0.226 e. The van der Waals surface area contributed by atoms with Crippen molar-refractivity contribution in [2.45, 2.75) is 45.6 Å². The third-order valence-electron chi connectivity index (χ3n) is 5.80. The van der Waals surface area contributed by atoms with E-state index in [9.17, 15) is 4.79 Å². The van der Waals surface area contributed by atoms with E-state index in [2.05, 4.69) is 54.3 Å². The number of hydrogen-bond donors (Lipinski definition) is 0. The van der Waals surface area contributed by atoms with Gasteiger partial charge < -0.3 is 9.80 Å². The maximum atomic E-state index is 12.7. The van der Waals surface area contributed by atoms with Crippen molar-refractivity contribution in [3.8, 4) is 0 Å². The number of likely N-dealkylation sites (tertiary alicyclic amines) is 1. The van der Waals surface area contributed by atoms with Crippen LogP contribution in [-0.2, 0) is 11.2 Å². The van der Waals surface area contributed by atoms with Crippen molar-refractivity contribution in [2.75, 3.05) is 24.5 Å². The Labute approximate surface area is 164 Å². The van der Waals surface area contributed by atoms with E-state index >= 15 is 0 Å². The topological polar surface area (TPSA) is 23.6 Å². The van der Waals surface area contributed by atoms with Crippen LogP contribution in [0, 0.1) is 5.92 Å². The molecule has 0 saturated carbocycles. The minimum absolute atomic E-state index is 0.218. The predicted molar refractivity (Wildman–Crippen MR) is 113 cm³/mol. The average molecular weight is 365 g/mol. The Morgan fingerprint density at radius 1 is 1.11 bits per heavy atom. The van der Waals surface area contributed by atoms with Crippen LogP contribution in [-0.4, -0.2) is 36.5 Å². The molecule has 0 spiro atoms. The second kappa shape index (κ2) is 9.70. The van der Waals surface area contributed by atoms with Crippen LogP contribution in [0.25, 0.3) is 0 Å². The van der Waals surface area contributed by atoms with E-state index in [1.807, 2.05) is 30.0 Å². The molecular weight excluding hydrogens is 332 g/mol. The Kier molecular flexibility index (Phi) is 7.05. The van der Waals surface area contributed by atoms with Gasteiger partial charge in [-0.1, -0.05) is 55.5 Å². The van der Waals surface area contributed by atoms with Crippen LogP contribution >= 0.6 is 0 Å². The Hall–Kier alpha value is -2.13. The third kappa shape index (κ3) is 5.20. The van der Waals surface area contributed by atoms with Crippen LogP contribution in [0.15, 0.2) is 60.7 Å². The molecule has 0 radical (unpaired) electrons. The molecule has 2 aromatic rings. The highest BCUT2D eigenvalue weighted by molar-refractivity contribution is 5.93. The molecule has 1 unspecified atom stereocenters. The summed E-state index contributed by atoms with van der Waals surface area (Å²) in [6, 6.07) is 21.1. The molecule has 1 fully saturated rings. The summed E-state index contributed by atoms with van der Waals surface area (Å²) in [7, 11) is 0. The summed E-state index contributed by atoms with van der Waals surface area (Å²) in [5.41, 5.74) is 2.43. The fourth-order valence-corrected chi connectivity index (χ4v) is 4.20. The van der Waals surface area contributed by atoms with Crippen molar-refractivity contribution < 1.29 is 4.79 Å². The fraction of sp³-hybridized carbons (Fsp3) is 0.458. The summed E-state index contributed by atoms with van der Waals surface area (Å²) >= 11 is 0. The second-order valence-electron chi connectivity index (χ2n) is 7.63. The summed E-state index contributed by atoms with van der Waals surface area (Å²) in [5, 5.41) is 0. The summed E-state index contributed by atoms with van der Waals surface area (Å²) in [6.45, 7) is 7.53. The van der Waals surface area contributed by atoms with Gasteiger partial charge in [0.25, 0.3) is 0 Å². The van der Waals surface area contributed by atoms with Gasteiger partial charge in [0.2, 0.25) is 5.91 Å². The van der Waals surface area contributed by atoms with E-state index in [1.54, 1.807) is 0 Å². The number of para-hydroxylation sites is 1. The fourth-order valence-electron chi connectivity index (χ4n) is 4.20. The number of carbonyl (C=O) groups is 1. The zero-order valence-corrected chi connectivity index (χ0v) is 16.7. The molecule has 27 heavy (non-hydrogen) atoms. The van der Waals surface area contributed by atoms with Crippen molar-refractivity contribution in [2.24, 2.45) is 5.92 Å². The highest BCUT2D eigenvalue weighted by Crippen LogP contribution is 2.27. The van der Waals surface area contributed by atoms with Gasteiger partial charge in [-0.15, -0.1) is 0 Å². The number of anilines is 1. The Morgan fingerprint density at radius 2 is 1.78 bits per heavy atom. The Balaban J connectivity index is 1.65. The molecule has 1 heterocycles. The molecule has 1 saturated heterocycles. The van der Waals surface area contributed by atoms with Crippen LogP contribution in [0.2, 0.25) is 0 Å². The number of carbonyl (C=O) groups excluding carboxylic acids is 1. The van der Waals surface area contributed by atoms with Gasteiger partial charge in [0.15, 0.2) is 0 Å². The molecule has 1 aliphatic heterocycles. The van der Waals surface area contributed by atoms with Gasteiger partial charge >= 0.3 is 0 Å². The molecule has 3 nitrogen and oxygen atoms in total. The van der Waals surface area contributed by atoms with E-state index in [1.165, 1.54) is 24.9 Å². The number of amides is 1. The van der Waals surface area contributed by atoms with Crippen molar-refractivity contribution in [3.05, 3.63) is 66.2 Å². The van der Waals surface area contributed by atoms with Crippen LogP contribution < -0.4 is 4.90 Å². The molecule has 1 amide bonds. The van der Waals surface area contributed by atoms with Crippen LogP contribution in [0.1, 0.15) is 38.7 Å². The van der Waals surface area contributed by atoms with Crippen molar-refractivity contribution in [3.63, 3.8) is 0 Å². The summed E-state index contributed by atoms with van der Waals surface area (Å²) < 4.78 is 0. The van der Waals surface area contributed by atoms with Gasteiger partial charge in [0.05, 0.1) is 0 Å². The molecule has 0 aromatic heterocycles. The molecular formula is C24H32N2O. The molecule has 0 bridgehead atoms. The number of nitrogens with zero attached hydrogens (tertiary/aromatic N) is 2. The first kappa shape index (κ1) is 19.6. The van der Waals surface area contributed by atoms with E-state index in [0.29, 0.717) is 12.3 Å². The highest BCUT2D eigenvalue weighted by Gasteiger charge is 2.31. The van der Waals surface area contributed by atoms with E-state index < -0.39 is 0 Å². The number of rotatable bonds is 7. The highest BCUT2D eigenvalue weighted by atomic mass is 16.2. The standard InChI is InChI=1S/C24H32N2O/c1-3-24(27)26(23-14-8-5-9-15-23)20(2)22-13-10-17-25(19-22)18-16-21-11-6-4-7-12-21/h4-9,11-12,14-15,20,22H,3,10,13,16-19H2,1-2H3/t20-,22?/m0/s1. The zero-order valence-electron chi connectivity index (χ0n) is 16.7. The van der Waals surface area contributed by atoms with Crippen molar-refractivity contribution in [1.82, 2.24) is 4.90 Å². The molecule has 1 aliphatic rings. The third-order valence-corrected chi connectivity index (χ3v) is 5.80. The van der Waals surface area contributed by atoms with Gasteiger partial charge in [-0.25, -0.2) is 0 Å². The lowest BCUT2D eigenvalue weighted by atomic mass is 9.89. The summed E-state index contributed by atoms with van der Waals surface area (Å²) in [4.78, 5) is 17.3. The van der Waals surface area contributed by atoms with Gasteiger partial charge in [-0.05, 0) is 56.3 Å². The molecule has 2 atom stereocenters. The van der Waals surface area contributed by atoms with Crippen LogP contribution in [0.5, 0.6) is 0 Å². The monoisotopic (exact) mass is 364 g/mol. The molecule has 0 N–H and O–H groups in total. The lowest BCUT2D eigenvalue weighted by Crippen LogP contribution is -2.49. The Morgan fingerprint density at radius 3 is 2.44 bits per heavy atom. The van der Waals surface area contributed by atoms with Gasteiger partial charge in [-0.3, -0.25) is 4.79 Å². The quantitative estimate of drug-likeness (QED) is 0.706. The van der Waals surface area contributed by atoms with Gasteiger partial charge in [0, 0.05) is 31.2 Å². The molecule has 2 aromatic carbocycles. The smallest absolute Gasteiger partial charge is 0.226 e. The van der Waals surface area contributed by atoms with E-state index in [4.69, 9.17) is 0 Å². The predicted octanol–water partition coefficient (Wildman–Crippen LogP) is 4.77. The average Bonchev–Trinajstić information content (AvgIpc) is 2.74. The normalized spacial score (nSPS) is 18.8. The maximum absolute atomic E-state index is 12.7. The molecule has 3 heteroatoms. The van der Waals surface area contributed by atoms with E-state index in [0.717, 1.165) is 25.2 Å². The van der Waals surface area contributed by atoms with Gasteiger partial charge in [-0.2, -0.15) is 0 Å². The number of benzene rings is 2. The number of hydrogen-bond acceptors (Lipinski definition) is 2. The molecule has 144 valence electrons. The van der Waals surface area contributed by atoms with Crippen molar-refractivity contribution in [1.29, 1.82) is 0 Å². The van der Waals surface area contributed by atoms with Gasteiger partial charge in [0.1, 0.15) is 0 Å². The molecule has 3 rings (SSSR count). The Bertz CT molecular complexity index is 701. The summed E-state index contributed by atoms with van der Waals surface area (Å²) in [5.74, 6) is 0.736. The second-order valence-corrected chi connectivity index (χ2v) is 7.63. The minimum Gasteiger partial charge on any atom is -0.309 e. The zero-order chi connectivity index (χ0) is 19.1. The van der Waals surface area contributed by atoms with Crippen molar-refractivity contribution >= 4 is 11.6 Å². The first-order chi connectivity index (χ1) is 13.2. The first-order valence-electron chi connectivity index (χ1n) is 10.3. The van der Waals surface area contributed by atoms with Crippen LogP contribution in [0.3, 0.4) is 0 Å². The number of piperidine rings is 1. The largest absolute Gasteiger partial charge is 0.309 e. The first-order valence-corrected chi connectivity index (χ1v) is 10.3. The lowest BCUT2D eigenvalue weighted by Gasteiger charge is -2.40. The van der Waals surface area contributed by atoms with Crippen LogP contribution in [0.4, 0.5) is 5.69 Å². The van der Waals surface area contributed by atoms with E-state index in [-0.39, 0.29) is 11.9 Å². The minimum atomic E-state index is 0.218.